The van der Waals surface area contributed by atoms with Gasteiger partial charge in [0.25, 0.3) is 5.91 Å². The summed E-state index contributed by atoms with van der Waals surface area (Å²) >= 11 is 6.17. The number of likely N-dealkylation sites (N-methyl/N-ethyl adjacent to an activating group) is 1. The summed E-state index contributed by atoms with van der Waals surface area (Å²) in [6.45, 7) is 1.94. The monoisotopic (exact) mass is 439 g/mol. The number of amides is 2. The summed E-state index contributed by atoms with van der Waals surface area (Å²) < 4.78 is 1.82. The number of fused-ring (bicyclic) bond motifs is 1. The zero-order valence-corrected chi connectivity index (χ0v) is 18.5. The maximum absolute atomic E-state index is 12.9. The quantitative estimate of drug-likeness (QED) is 0.660. The zero-order chi connectivity index (χ0) is 22.0. The van der Waals surface area contributed by atoms with Crippen molar-refractivity contribution in [1.82, 2.24) is 19.2 Å². The molecule has 0 radical (unpaired) electrons. The Morgan fingerprint density at radius 3 is 2.61 bits per heavy atom. The molecular weight excluding hydrogens is 414 g/mol. The number of para-hydroxylation sites is 1. The molecule has 0 spiro atoms. The van der Waals surface area contributed by atoms with Crippen LogP contribution in [0.15, 0.2) is 48.8 Å². The number of nitrogens with one attached hydrogen (secondary N) is 1. The lowest BCUT2D eigenvalue weighted by molar-refractivity contribution is -0.132. The number of rotatable bonds is 5. The number of hydrogen-bond acceptors (Lipinski definition) is 4. The molecule has 3 heterocycles. The molecule has 0 unspecified atom stereocenters. The first-order chi connectivity index (χ1) is 14.9. The van der Waals surface area contributed by atoms with Gasteiger partial charge >= 0.3 is 0 Å². The van der Waals surface area contributed by atoms with Crippen molar-refractivity contribution in [2.24, 2.45) is 0 Å². The van der Waals surface area contributed by atoms with E-state index in [1.54, 1.807) is 18.3 Å². The van der Waals surface area contributed by atoms with Crippen LogP contribution >= 0.6 is 11.6 Å². The number of nitrogens with zero attached hydrogens (tertiary/aromatic N) is 4. The molecule has 1 aromatic carbocycles. The van der Waals surface area contributed by atoms with Gasteiger partial charge in [0, 0.05) is 19.3 Å². The van der Waals surface area contributed by atoms with Gasteiger partial charge < -0.3 is 15.1 Å². The minimum Gasteiger partial charge on any atom is -0.342 e. The van der Waals surface area contributed by atoms with Crippen molar-refractivity contribution < 1.29 is 9.59 Å². The number of likely N-dealkylation sites (tertiary alicyclic amines) is 1. The number of anilines is 1. The number of carbonyl (C=O) groups excluding carboxylic acids is 2. The van der Waals surface area contributed by atoms with E-state index in [-0.39, 0.29) is 11.8 Å². The summed E-state index contributed by atoms with van der Waals surface area (Å²) in [7, 11) is 3.81. The first-order valence-corrected chi connectivity index (χ1v) is 10.8. The maximum Gasteiger partial charge on any atom is 0.274 e. The Kier molecular flexibility index (Phi) is 6.25. The molecule has 2 aromatic heterocycles. The number of imidazole rings is 1. The Bertz CT molecular complexity index is 1100. The predicted octanol–water partition coefficient (Wildman–Crippen LogP) is 3.51. The molecule has 1 N–H and O–H groups in total. The Morgan fingerprint density at radius 2 is 1.90 bits per heavy atom. The van der Waals surface area contributed by atoms with E-state index in [1.807, 2.05) is 52.7 Å². The fourth-order valence-corrected chi connectivity index (χ4v) is 4.17. The second-order valence-corrected chi connectivity index (χ2v) is 8.57. The van der Waals surface area contributed by atoms with Crippen molar-refractivity contribution in [3.63, 3.8) is 0 Å². The number of benzene rings is 1. The normalized spacial score (nSPS) is 14.9. The van der Waals surface area contributed by atoms with Crippen LogP contribution in [0.5, 0.6) is 0 Å². The van der Waals surface area contributed by atoms with Gasteiger partial charge in [0.05, 0.1) is 23.5 Å². The van der Waals surface area contributed by atoms with Crippen LogP contribution in [0.1, 0.15) is 34.8 Å². The zero-order valence-electron chi connectivity index (χ0n) is 17.7. The largest absolute Gasteiger partial charge is 0.342 e. The fourth-order valence-electron chi connectivity index (χ4n) is 3.99. The highest BCUT2D eigenvalue weighted by atomic mass is 35.5. The van der Waals surface area contributed by atoms with Crippen molar-refractivity contribution in [1.29, 1.82) is 0 Å². The minimum atomic E-state index is -0.262. The van der Waals surface area contributed by atoms with Gasteiger partial charge in [-0.05, 0) is 56.6 Å². The highest BCUT2D eigenvalue weighted by molar-refractivity contribution is 6.33. The van der Waals surface area contributed by atoms with E-state index >= 15 is 0 Å². The SMILES string of the molecule is CN(C)CC(=O)N1CCC(c2ccc3ncc(C(=O)Nc4ccccc4Cl)n3c2)CC1. The second kappa shape index (κ2) is 9.08. The summed E-state index contributed by atoms with van der Waals surface area (Å²) in [5.74, 6) is 0.253. The van der Waals surface area contributed by atoms with Gasteiger partial charge in [0.15, 0.2) is 0 Å². The molecule has 4 rings (SSSR count). The smallest absolute Gasteiger partial charge is 0.274 e. The molecule has 1 aliphatic rings. The van der Waals surface area contributed by atoms with E-state index in [0.29, 0.717) is 34.5 Å². The minimum absolute atomic E-state index is 0.173. The number of halogens is 1. The number of pyridine rings is 1. The lowest BCUT2D eigenvalue weighted by Crippen LogP contribution is -2.42. The van der Waals surface area contributed by atoms with Gasteiger partial charge in [-0.3, -0.25) is 14.0 Å². The van der Waals surface area contributed by atoms with Crippen LogP contribution in [-0.4, -0.2) is 64.7 Å². The summed E-state index contributed by atoms with van der Waals surface area (Å²) in [5.41, 5.74) is 2.88. The standard InChI is InChI=1S/C23H26ClN5O2/c1-27(2)15-22(30)28-11-9-16(10-12-28)17-7-8-21-25-13-20(29(21)14-17)23(31)26-19-6-4-3-5-18(19)24/h3-8,13-14,16H,9-12,15H2,1-2H3,(H,26,31). The van der Waals surface area contributed by atoms with E-state index < -0.39 is 0 Å². The molecule has 7 nitrogen and oxygen atoms in total. The highest BCUT2D eigenvalue weighted by Gasteiger charge is 2.25. The molecule has 3 aromatic rings. The van der Waals surface area contributed by atoms with Crippen LogP contribution in [-0.2, 0) is 4.79 Å². The van der Waals surface area contributed by atoms with Crippen molar-refractivity contribution in [3.05, 3.63) is 65.1 Å². The summed E-state index contributed by atoms with van der Waals surface area (Å²) in [5, 5.41) is 3.34. The third kappa shape index (κ3) is 4.73. The van der Waals surface area contributed by atoms with Crippen LogP contribution in [0.3, 0.4) is 0 Å². The van der Waals surface area contributed by atoms with E-state index in [2.05, 4.69) is 16.4 Å². The lowest BCUT2D eigenvalue weighted by Gasteiger charge is -2.33. The van der Waals surface area contributed by atoms with E-state index in [0.717, 1.165) is 31.5 Å². The molecule has 1 saturated heterocycles. The topological polar surface area (TPSA) is 70.0 Å². The van der Waals surface area contributed by atoms with Gasteiger partial charge in [0.2, 0.25) is 5.91 Å². The Labute approximate surface area is 186 Å². The molecule has 8 heteroatoms. The van der Waals surface area contributed by atoms with Gasteiger partial charge in [-0.25, -0.2) is 4.98 Å². The molecule has 2 amide bonds. The van der Waals surface area contributed by atoms with Gasteiger partial charge in [-0.2, -0.15) is 0 Å². The maximum atomic E-state index is 12.9. The molecule has 31 heavy (non-hydrogen) atoms. The van der Waals surface area contributed by atoms with E-state index in [1.165, 1.54) is 0 Å². The third-order valence-electron chi connectivity index (χ3n) is 5.65. The first-order valence-electron chi connectivity index (χ1n) is 10.4. The predicted molar refractivity (Wildman–Crippen MR) is 122 cm³/mol. The fraction of sp³-hybridized carbons (Fsp3) is 0.348. The van der Waals surface area contributed by atoms with Crippen LogP contribution in [0.4, 0.5) is 5.69 Å². The Balaban J connectivity index is 1.49. The number of aromatic nitrogens is 2. The van der Waals surface area contributed by atoms with Gasteiger partial charge in [0.1, 0.15) is 11.3 Å². The van der Waals surface area contributed by atoms with Gasteiger partial charge in [-0.15, -0.1) is 0 Å². The number of carbonyl (C=O) groups is 2. The molecule has 0 bridgehead atoms. The molecule has 162 valence electrons. The van der Waals surface area contributed by atoms with E-state index in [9.17, 15) is 9.59 Å². The van der Waals surface area contributed by atoms with Gasteiger partial charge in [-0.1, -0.05) is 29.8 Å². The van der Waals surface area contributed by atoms with Crippen molar-refractivity contribution in [3.8, 4) is 0 Å². The van der Waals surface area contributed by atoms with Crippen LogP contribution in [0.2, 0.25) is 5.02 Å². The molecule has 0 atom stereocenters. The van der Waals surface area contributed by atoms with Crippen LogP contribution in [0, 0.1) is 0 Å². The molecular formula is C23H26ClN5O2. The van der Waals surface area contributed by atoms with Crippen molar-refractivity contribution >= 4 is 34.7 Å². The van der Waals surface area contributed by atoms with Crippen LogP contribution in [0.25, 0.3) is 5.65 Å². The van der Waals surface area contributed by atoms with E-state index in [4.69, 9.17) is 11.6 Å². The average molecular weight is 440 g/mol. The third-order valence-corrected chi connectivity index (χ3v) is 5.98. The van der Waals surface area contributed by atoms with Crippen molar-refractivity contribution in [2.75, 3.05) is 39.0 Å². The Morgan fingerprint density at radius 1 is 1.16 bits per heavy atom. The number of hydrogen-bond donors (Lipinski definition) is 1. The average Bonchev–Trinajstić information content (AvgIpc) is 3.18. The molecule has 0 saturated carbocycles. The van der Waals surface area contributed by atoms with Crippen LogP contribution < -0.4 is 5.32 Å². The Hall–Kier alpha value is -2.90. The second-order valence-electron chi connectivity index (χ2n) is 8.16. The summed E-state index contributed by atoms with van der Waals surface area (Å²) in [4.78, 5) is 33.4. The molecule has 1 fully saturated rings. The summed E-state index contributed by atoms with van der Waals surface area (Å²) in [6, 6.07) is 11.1. The first kappa shape index (κ1) is 21.3. The van der Waals surface area contributed by atoms with Crippen molar-refractivity contribution in [2.45, 2.75) is 18.8 Å². The highest BCUT2D eigenvalue weighted by Crippen LogP contribution is 2.29. The molecule has 0 aliphatic carbocycles. The number of piperidine rings is 1. The molecule has 1 aliphatic heterocycles. The lowest BCUT2D eigenvalue weighted by atomic mass is 9.90. The summed E-state index contributed by atoms with van der Waals surface area (Å²) in [6.07, 6.45) is 5.38.